The van der Waals surface area contributed by atoms with E-state index in [0.717, 1.165) is 12.8 Å². The van der Waals surface area contributed by atoms with Crippen LogP contribution in [0.1, 0.15) is 31.5 Å². The number of hydrogen-bond acceptors (Lipinski definition) is 5. The van der Waals surface area contributed by atoms with E-state index in [0.29, 0.717) is 29.9 Å². The van der Waals surface area contributed by atoms with Crippen molar-refractivity contribution in [3.05, 3.63) is 18.3 Å². The van der Waals surface area contributed by atoms with E-state index in [1.807, 2.05) is 6.92 Å². The molecule has 0 aromatic carbocycles. The second-order valence-corrected chi connectivity index (χ2v) is 5.32. The minimum atomic E-state index is -0.333. The van der Waals surface area contributed by atoms with E-state index < -0.39 is 0 Å². The Morgan fingerprint density at radius 3 is 3.05 bits per heavy atom. The van der Waals surface area contributed by atoms with Gasteiger partial charge in [0.15, 0.2) is 5.82 Å². The van der Waals surface area contributed by atoms with Gasteiger partial charge in [-0.15, -0.1) is 0 Å². The number of imidazole rings is 1. The van der Waals surface area contributed by atoms with E-state index in [1.54, 1.807) is 9.79 Å². The summed E-state index contributed by atoms with van der Waals surface area (Å²) < 4.78 is 6.83. The molecule has 0 spiro atoms. The monoisotopic (exact) mass is 324 g/mol. The van der Waals surface area contributed by atoms with E-state index >= 15 is 0 Å². The van der Waals surface area contributed by atoms with E-state index in [9.17, 15) is 4.79 Å². The Morgan fingerprint density at radius 1 is 1.58 bits per heavy atom. The molecule has 1 atom stereocenters. The summed E-state index contributed by atoms with van der Waals surface area (Å²) in [6.45, 7) is 2.19. The van der Waals surface area contributed by atoms with Gasteiger partial charge in [-0.3, -0.25) is 8.39 Å². The summed E-state index contributed by atoms with van der Waals surface area (Å²) in [6, 6.07) is 0. The van der Waals surface area contributed by atoms with Gasteiger partial charge in [-0.2, -0.15) is 0 Å². The number of halogens is 1. The van der Waals surface area contributed by atoms with Crippen molar-refractivity contribution >= 4 is 22.1 Å². The fraction of sp³-hybridized carbons (Fsp3) is 0.500. The lowest BCUT2D eigenvalue weighted by molar-refractivity contribution is -0.145. The second kappa shape index (κ2) is 4.88. The highest BCUT2D eigenvalue weighted by molar-refractivity contribution is 9.08. The molecule has 1 fully saturated rings. The molecule has 0 radical (unpaired) electrons. The summed E-state index contributed by atoms with van der Waals surface area (Å²) in [7, 11) is 0. The summed E-state index contributed by atoms with van der Waals surface area (Å²) in [5.41, 5.74) is 0.694. The van der Waals surface area contributed by atoms with E-state index in [1.165, 1.54) is 6.33 Å². The molecule has 2 aliphatic heterocycles. The predicted molar refractivity (Wildman–Crippen MR) is 70.9 cm³/mol. The molecule has 0 aromatic rings. The van der Waals surface area contributed by atoms with Crippen LogP contribution in [0.15, 0.2) is 12.5 Å². The Balaban J connectivity index is 2.02. The van der Waals surface area contributed by atoms with Gasteiger partial charge < -0.3 is 4.74 Å². The third-order valence-corrected chi connectivity index (χ3v) is 3.76. The number of nitrogens with zero attached hydrogens (tertiary/aromatic N) is 4. The van der Waals surface area contributed by atoms with Crippen LogP contribution in [0.2, 0.25) is 0 Å². The van der Waals surface area contributed by atoms with Crippen molar-refractivity contribution in [2.24, 2.45) is 5.92 Å². The fourth-order valence-corrected chi connectivity index (χ4v) is 2.64. The van der Waals surface area contributed by atoms with Crippen LogP contribution < -0.4 is 0 Å². The molecule has 0 N–H and O–H groups in total. The lowest BCUT2D eigenvalue weighted by Crippen LogP contribution is -2.22. The number of hydrogen-bond donors (Lipinski definition) is 0. The number of fused-ring (bicyclic) bond motifs is 1. The van der Waals surface area contributed by atoms with Crippen LogP contribution in [-0.2, 0) is 9.53 Å². The van der Waals surface area contributed by atoms with Gasteiger partial charge in [0.25, 0.3) is 0 Å². The maximum Gasteiger partial charge on any atom is 0.316 e. The zero-order valence-corrected chi connectivity index (χ0v) is 12.0. The molecule has 2 heterocycles. The highest BCUT2D eigenvalue weighted by Crippen LogP contribution is 2.43. The highest BCUT2D eigenvalue weighted by atomic mass is 79.9. The number of esters is 1. The first-order valence-corrected chi connectivity index (χ1v) is 6.94. The Hall–Kier alpha value is -1.50. The van der Waals surface area contributed by atoms with Crippen molar-refractivity contribution in [3.63, 3.8) is 0 Å². The molecule has 0 amide bonds. The average Bonchev–Trinajstić information content (AvgIpc) is 3.09. The van der Waals surface area contributed by atoms with Crippen LogP contribution in [0.5, 0.6) is 0 Å². The standard InChI is InChI=1S/C12H13BrN4O2/c1-2-19-12(18)9(7-3-4-7)11-16-10-8(5-17(11)13)14-6-15-10/h5-7,9H,2-4H2,1H3. The molecule has 1 aliphatic carbocycles. The molecule has 0 saturated heterocycles. The van der Waals surface area contributed by atoms with Crippen molar-refractivity contribution in [1.82, 2.24) is 18.5 Å². The van der Waals surface area contributed by atoms with Crippen molar-refractivity contribution in [2.45, 2.75) is 25.7 Å². The molecule has 19 heavy (non-hydrogen) atoms. The van der Waals surface area contributed by atoms with Crippen LogP contribution in [0.25, 0.3) is 11.5 Å². The topological polar surface area (TPSA) is 69.9 Å². The van der Waals surface area contributed by atoms with Crippen molar-refractivity contribution in [1.29, 1.82) is 0 Å². The number of rotatable bonds is 4. The highest BCUT2D eigenvalue weighted by Gasteiger charge is 2.41. The molecule has 1 saturated carbocycles. The third kappa shape index (κ3) is 2.34. The Morgan fingerprint density at radius 2 is 2.37 bits per heavy atom. The minimum absolute atomic E-state index is 0.218. The first-order chi connectivity index (χ1) is 9.20. The van der Waals surface area contributed by atoms with Crippen molar-refractivity contribution < 1.29 is 9.53 Å². The Labute approximate surface area is 118 Å². The molecule has 0 aromatic heterocycles. The van der Waals surface area contributed by atoms with Crippen LogP contribution in [0.4, 0.5) is 0 Å². The van der Waals surface area contributed by atoms with Gasteiger partial charge in [0.2, 0.25) is 0 Å². The number of aromatic nitrogens is 4. The minimum Gasteiger partial charge on any atom is -0.465 e. The van der Waals surface area contributed by atoms with Gasteiger partial charge in [-0.05, 0) is 25.7 Å². The van der Waals surface area contributed by atoms with Crippen LogP contribution in [-0.4, -0.2) is 31.1 Å². The predicted octanol–water partition coefficient (Wildman–Crippen LogP) is 1.99. The van der Waals surface area contributed by atoms with Gasteiger partial charge >= 0.3 is 5.97 Å². The molecule has 0 bridgehead atoms. The van der Waals surface area contributed by atoms with Crippen molar-refractivity contribution in [2.75, 3.05) is 6.61 Å². The molecule has 1 unspecified atom stereocenters. The van der Waals surface area contributed by atoms with Crippen LogP contribution >= 0.6 is 16.1 Å². The lowest BCUT2D eigenvalue weighted by Gasteiger charge is -2.17. The zero-order valence-electron chi connectivity index (χ0n) is 10.4. The van der Waals surface area contributed by atoms with E-state index in [2.05, 4.69) is 31.1 Å². The van der Waals surface area contributed by atoms with Crippen LogP contribution in [0.3, 0.4) is 0 Å². The van der Waals surface area contributed by atoms with Gasteiger partial charge in [0, 0.05) is 6.20 Å². The van der Waals surface area contributed by atoms with Gasteiger partial charge in [-0.1, -0.05) is 0 Å². The molecular formula is C12H13BrN4O2. The maximum atomic E-state index is 12.1. The maximum absolute atomic E-state index is 12.1. The average molecular weight is 325 g/mol. The Kier molecular flexibility index (Phi) is 3.22. The smallest absolute Gasteiger partial charge is 0.316 e. The first kappa shape index (κ1) is 12.5. The van der Waals surface area contributed by atoms with E-state index in [-0.39, 0.29) is 11.9 Å². The molecule has 3 aliphatic rings. The zero-order chi connectivity index (χ0) is 13.4. The Bertz CT molecular complexity index is 581. The quantitative estimate of drug-likeness (QED) is 0.804. The summed E-state index contributed by atoms with van der Waals surface area (Å²) in [6.07, 6.45) is 5.30. The molecular weight excluding hydrogens is 312 g/mol. The number of ether oxygens (including phenoxy) is 1. The number of carbonyl (C=O) groups excluding carboxylic acids is 1. The van der Waals surface area contributed by atoms with Gasteiger partial charge in [0.1, 0.15) is 23.8 Å². The van der Waals surface area contributed by atoms with Gasteiger partial charge in [0.05, 0.1) is 22.8 Å². The first-order valence-electron chi connectivity index (χ1n) is 6.23. The second-order valence-electron chi connectivity index (χ2n) is 4.56. The fourth-order valence-electron chi connectivity index (χ4n) is 2.15. The van der Waals surface area contributed by atoms with E-state index in [4.69, 9.17) is 4.74 Å². The van der Waals surface area contributed by atoms with Crippen LogP contribution in [0, 0.1) is 5.92 Å². The third-order valence-electron chi connectivity index (χ3n) is 3.19. The molecule has 3 rings (SSSR count). The number of carbonyl (C=O) groups is 1. The summed E-state index contributed by atoms with van der Waals surface area (Å²) in [5.74, 6) is 0.954. The van der Waals surface area contributed by atoms with Crippen molar-refractivity contribution in [3.8, 4) is 11.5 Å². The molecule has 100 valence electrons. The summed E-state index contributed by atoms with van der Waals surface area (Å²) in [4.78, 5) is 24.7. The lowest BCUT2D eigenvalue weighted by atomic mass is 10.0. The van der Waals surface area contributed by atoms with Gasteiger partial charge in [-0.25, -0.2) is 15.0 Å². The normalized spacial score (nSPS) is 16.5. The molecule has 6 nitrogen and oxygen atoms in total. The summed E-state index contributed by atoms with van der Waals surface area (Å²) >= 11 is 3.40. The summed E-state index contributed by atoms with van der Waals surface area (Å²) in [5, 5.41) is 0. The molecule has 7 heteroatoms. The SMILES string of the molecule is CCOC(=O)C(c1nc2ncnc-2cn1Br)C1CC1. The largest absolute Gasteiger partial charge is 0.465 e.